The Morgan fingerprint density at radius 3 is 2.47 bits per heavy atom. The monoisotopic (exact) mass is 216 g/mol. The minimum atomic E-state index is -1.49. The highest BCUT2D eigenvalue weighted by molar-refractivity contribution is 5.90. The molecule has 1 fully saturated rings. The van der Waals surface area contributed by atoms with Gasteiger partial charge in [0.25, 0.3) is 0 Å². The molecule has 1 rings (SSSR count). The lowest BCUT2D eigenvalue weighted by atomic mass is 9.96. The maximum absolute atomic E-state index is 11.4. The molecule has 0 bridgehead atoms. The largest absolute Gasteiger partial charge is 0.469 e. The van der Waals surface area contributed by atoms with Crippen molar-refractivity contribution in [3.05, 3.63) is 0 Å². The average Bonchev–Trinajstić information content (AvgIpc) is 2.59. The molecule has 6 heteroatoms. The zero-order valence-corrected chi connectivity index (χ0v) is 8.57. The summed E-state index contributed by atoms with van der Waals surface area (Å²) in [5.41, 5.74) is -1.49. The molecular formula is C9H12O6. The zero-order valence-electron chi connectivity index (χ0n) is 8.57. The fraction of sp³-hybridized carbons (Fsp3) is 0.667. The van der Waals surface area contributed by atoms with Gasteiger partial charge in [-0.2, -0.15) is 0 Å². The molecular weight excluding hydrogens is 204 g/mol. The minimum absolute atomic E-state index is 0.103. The van der Waals surface area contributed by atoms with Crippen LogP contribution in [0.15, 0.2) is 0 Å². The van der Waals surface area contributed by atoms with Crippen LogP contribution in [0.25, 0.3) is 0 Å². The molecule has 0 aliphatic carbocycles. The molecule has 0 amide bonds. The standard InChI is InChI=1S/C9H12O6/c1-13-7(11)5-9(8(12)14-2)4-3-6(10)15-9/h3-5H2,1-2H3/t9-/m1/s1. The quantitative estimate of drug-likeness (QED) is 0.480. The van der Waals surface area contributed by atoms with E-state index in [0.717, 1.165) is 0 Å². The van der Waals surface area contributed by atoms with Gasteiger partial charge in [0.15, 0.2) is 0 Å². The number of carbonyl (C=O) groups is 3. The summed E-state index contributed by atoms with van der Waals surface area (Å²) in [4.78, 5) is 33.5. The number of cyclic esters (lactones) is 1. The van der Waals surface area contributed by atoms with Gasteiger partial charge in [-0.05, 0) is 0 Å². The molecule has 1 heterocycles. The van der Waals surface area contributed by atoms with E-state index >= 15 is 0 Å². The van der Waals surface area contributed by atoms with Gasteiger partial charge in [-0.15, -0.1) is 0 Å². The number of ether oxygens (including phenoxy) is 3. The number of esters is 3. The van der Waals surface area contributed by atoms with Crippen LogP contribution in [0.1, 0.15) is 19.3 Å². The second-order valence-electron chi connectivity index (χ2n) is 3.21. The van der Waals surface area contributed by atoms with Crippen LogP contribution in [0.4, 0.5) is 0 Å². The number of rotatable bonds is 3. The summed E-state index contributed by atoms with van der Waals surface area (Å²) in [7, 11) is 2.37. The SMILES string of the molecule is COC(=O)C[C@@]1(C(=O)OC)CCC(=O)O1. The molecule has 0 aromatic rings. The van der Waals surface area contributed by atoms with Crippen LogP contribution >= 0.6 is 0 Å². The molecule has 0 unspecified atom stereocenters. The van der Waals surface area contributed by atoms with E-state index in [1.54, 1.807) is 0 Å². The van der Waals surface area contributed by atoms with E-state index in [1.165, 1.54) is 14.2 Å². The normalized spacial score (nSPS) is 24.5. The van der Waals surface area contributed by atoms with Crippen LogP contribution < -0.4 is 0 Å². The molecule has 1 atom stereocenters. The van der Waals surface area contributed by atoms with Gasteiger partial charge >= 0.3 is 17.9 Å². The van der Waals surface area contributed by atoms with Gasteiger partial charge < -0.3 is 14.2 Å². The van der Waals surface area contributed by atoms with Crippen LogP contribution in [0.3, 0.4) is 0 Å². The minimum Gasteiger partial charge on any atom is -0.469 e. The fourth-order valence-corrected chi connectivity index (χ4v) is 1.46. The van der Waals surface area contributed by atoms with Crippen molar-refractivity contribution in [3.63, 3.8) is 0 Å². The van der Waals surface area contributed by atoms with E-state index in [9.17, 15) is 14.4 Å². The molecule has 6 nitrogen and oxygen atoms in total. The molecule has 0 aromatic heterocycles. The summed E-state index contributed by atoms with van der Waals surface area (Å²) in [6.07, 6.45) is -0.0540. The van der Waals surface area contributed by atoms with E-state index in [0.29, 0.717) is 0 Å². The predicted molar refractivity (Wildman–Crippen MR) is 46.7 cm³/mol. The van der Waals surface area contributed by atoms with Gasteiger partial charge in [0.1, 0.15) is 0 Å². The highest BCUT2D eigenvalue weighted by Crippen LogP contribution is 2.31. The average molecular weight is 216 g/mol. The van der Waals surface area contributed by atoms with Crippen molar-refractivity contribution < 1.29 is 28.6 Å². The number of hydrogen-bond donors (Lipinski definition) is 0. The third kappa shape index (κ3) is 2.26. The van der Waals surface area contributed by atoms with Crippen LogP contribution in [-0.2, 0) is 28.6 Å². The number of carbonyl (C=O) groups excluding carboxylic acids is 3. The molecule has 15 heavy (non-hydrogen) atoms. The maximum Gasteiger partial charge on any atom is 0.350 e. The summed E-state index contributed by atoms with van der Waals surface area (Å²) in [5.74, 6) is -1.85. The Hall–Kier alpha value is -1.59. The number of methoxy groups -OCH3 is 2. The molecule has 1 saturated heterocycles. The molecule has 1 aliphatic rings. The first-order valence-electron chi connectivity index (χ1n) is 4.41. The van der Waals surface area contributed by atoms with E-state index in [1.807, 2.05) is 0 Å². The van der Waals surface area contributed by atoms with Gasteiger partial charge in [0.05, 0.1) is 20.6 Å². The highest BCUT2D eigenvalue weighted by Gasteiger charge is 2.50. The van der Waals surface area contributed by atoms with Gasteiger partial charge in [0, 0.05) is 12.8 Å². The Labute approximate surface area is 86.5 Å². The maximum atomic E-state index is 11.4. The zero-order chi connectivity index (χ0) is 11.5. The van der Waals surface area contributed by atoms with Crippen LogP contribution in [0.2, 0.25) is 0 Å². The van der Waals surface area contributed by atoms with Crippen molar-refractivity contribution in [2.75, 3.05) is 14.2 Å². The van der Waals surface area contributed by atoms with Gasteiger partial charge in [0.2, 0.25) is 5.60 Å². The Balaban J connectivity index is 2.82. The molecule has 0 saturated carbocycles. The Morgan fingerprint density at radius 2 is 2.07 bits per heavy atom. The topological polar surface area (TPSA) is 78.9 Å². The smallest absolute Gasteiger partial charge is 0.350 e. The summed E-state index contributed by atoms with van der Waals surface area (Å²) < 4.78 is 13.8. The van der Waals surface area contributed by atoms with E-state index < -0.39 is 23.5 Å². The first-order chi connectivity index (χ1) is 7.04. The first kappa shape index (κ1) is 11.5. The molecule has 0 radical (unpaired) electrons. The Morgan fingerprint density at radius 1 is 1.40 bits per heavy atom. The molecule has 0 spiro atoms. The van der Waals surface area contributed by atoms with Crippen molar-refractivity contribution in [3.8, 4) is 0 Å². The van der Waals surface area contributed by atoms with Gasteiger partial charge in [-0.3, -0.25) is 9.59 Å². The van der Waals surface area contributed by atoms with Crippen LogP contribution in [-0.4, -0.2) is 37.7 Å². The molecule has 0 aromatic carbocycles. The summed E-state index contributed by atoms with van der Waals surface area (Å²) in [6.45, 7) is 0. The second-order valence-corrected chi connectivity index (χ2v) is 3.21. The van der Waals surface area contributed by atoms with E-state index in [2.05, 4.69) is 9.47 Å². The molecule has 1 aliphatic heterocycles. The Bertz CT molecular complexity index is 297. The molecule has 0 N–H and O–H groups in total. The fourth-order valence-electron chi connectivity index (χ4n) is 1.46. The van der Waals surface area contributed by atoms with E-state index in [-0.39, 0.29) is 19.3 Å². The second kappa shape index (κ2) is 4.29. The lowest BCUT2D eigenvalue weighted by Crippen LogP contribution is -2.41. The lowest BCUT2D eigenvalue weighted by molar-refractivity contribution is -0.176. The number of hydrogen-bond acceptors (Lipinski definition) is 6. The van der Waals surface area contributed by atoms with Crippen molar-refractivity contribution in [1.29, 1.82) is 0 Å². The predicted octanol–water partition coefficient (Wildman–Crippen LogP) is -0.202. The third-order valence-electron chi connectivity index (χ3n) is 2.26. The van der Waals surface area contributed by atoms with Crippen molar-refractivity contribution in [1.82, 2.24) is 0 Å². The third-order valence-corrected chi connectivity index (χ3v) is 2.26. The molecule has 84 valence electrons. The Kier molecular flexibility index (Phi) is 3.28. The highest BCUT2D eigenvalue weighted by atomic mass is 16.6. The van der Waals surface area contributed by atoms with Gasteiger partial charge in [-0.1, -0.05) is 0 Å². The van der Waals surface area contributed by atoms with Crippen LogP contribution in [0, 0.1) is 0 Å². The van der Waals surface area contributed by atoms with Crippen molar-refractivity contribution in [2.45, 2.75) is 24.9 Å². The summed E-state index contributed by atoms with van der Waals surface area (Å²) in [5, 5.41) is 0. The lowest BCUT2D eigenvalue weighted by Gasteiger charge is -2.22. The van der Waals surface area contributed by atoms with Crippen molar-refractivity contribution >= 4 is 17.9 Å². The summed E-state index contributed by atoms with van der Waals surface area (Å²) >= 11 is 0. The van der Waals surface area contributed by atoms with E-state index in [4.69, 9.17) is 4.74 Å². The van der Waals surface area contributed by atoms with Crippen LogP contribution in [0.5, 0.6) is 0 Å². The van der Waals surface area contributed by atoms with Gasteiger partial charge in [-0.25, -0.2) is 4.79 Å². The summed E-state index contributed by atoms with van der Waals surface area (Å²) in [6, 6.07) is 0. The van der Waals surface area contributed by atoms with Crippen molar-refractivity contribution in [2.24, 2.45) is 0 Å². The first-order valence-corrected chi connectivity index (χ1v) is 4.41.